The Kier molecular flexibility index (Phi) is 11.6. The van der Waals surface area contributed by atoms with Crippen molar-refractivity contribution in [2.24, 2.45) is 0 Å². The van der Waals surface area contributed by atoms with E-state index in [9.17, 15) is 18.0 Å². The highest BCUT2D eigenvalue weighted by atomic mass is 32.2. The molecule has 3 aromatic carbocycles. The zero-order chi connectivity index (χ0) is 29.8. The fraction of sp³-hybridized carbons (Fsp3) is 0.355. The lowest BCUT2D eigenvalue weighted by Gasteiger charge is -2.33. The average molecular weight is 582 g/mol. The molecule has 10 heteroatoms. The Morgan fingerprint density at radius 2 is 1.51 bits per heavy atom. The third kappa shape index (κ3) is 9.24. The van der Waals surface area contributed by atoms with E-state index in [-0.39, 0.29) is 12.5 Å². The van der Waals surface area contributed by atoms with E-state index in [0.717, 1.165) is 28.1 Å². The van der Waals surface area contributed by atoms with Crippen LogP contribution in [0.4, 0.5) is 5.69 Å². The first-order chi connectivity index (χ1) is 19.7. The van der Waals surface area contributed by atoms with Crippen LogP contribution in [0.5, 0.6) is 11.5 Å². The summed E-state index contributed by atoms with van der Waals surface area (Å²) in [5, 5.41) is 2.87. The van der Waals surface area contributed by atoms with Gasteiger partial charge >= 0.3 is 0 Å². The topological polar surface area (TPSA) is 105 Å². The molecule has 9 nitrogen and oxygen atoms in total. The first-order valence-electron chi connectivity index (χ1n) is 13.6. The molecule has 3 aromatic rings. The van der Waals surface area contributed by atoms with Gasteiger partial charge in [0.05, 0.1) is 19.1 Å². The molecular weight excluding hydrogens is 542 g/mol. The Morgan fingerprint density at radius 1 is 0.878 bits per heavy atom. The predicted octanol–water partition coefficient (Wildman–Crippen LogP) is 4.37. The highest BCUT2D eigenvalue weighted by Crippen LogP contribution is 2.24. The summed E-state index contributed by atoms with van der Waals surface area (Å²) in [7, 11) is -2.27. The molecule has 0 unspecified atom stereocenters. The molecule has 0 aliphatic carbocycles. The van der Waals surface area contributed by atoms with Crippen LogP contribution in [0.25, 0.3) is 0 Å². The lowest BCUT2D eigenvalue weighted by Crippen LogP contribution is -2.52. The van der Waals surface area contributed by atoms with Crippen molar-refractivity contribution in [3.05, 3.63) is 90.0 Å². The highest BCUT2D eigenvalue weighted by molar-refractivity contribution is 7.92. The van der Waals surface area contributed by atoms with Gasteiger partial charge in [-0.25, -0.2) is 8.42 Å². The van der Waals surface area contributed by atoms with Crippen LogP contribution < -0.4 is 19.1 Å². The van der Waals surface area contributed by atoms with Crippen molar-refractivity contribution in [1.82, 2.24) is 10.2 Å². The maximum atomic E-state index is 13.8. The molecule has 0 aliphatic heterocycles. The van der Waals surface area contributed by atoms with Crippen LogP contribution >= 0.6 is 0 Å². The Morgan fingerprint density at radius 3 is 2.07 bits per heavy atom. The maximum absolute atomic E-state index is 13.8. The van der Waals surface area contributed by atoms with Crippen molar-refractivity contribution < 1.29 is 27.5 Å². The van der Waals surface area contributed by atoms with Gasteiger partial charge in [-0.2, -0.15) is 0 Å². The molecule has 0 saturated heterocycles. The molecule has 0 radical (unpaired) electrons. The standard InChI is InChI=1S/C31H39N3O6S/c1-5-20-32-31(36)29(6-2)33(21-24-12-16-27(39-3)17-13-24)30(35)22-34(41(4,37)38)26-14-18-28(19-15-26)40-23-25-10-8-7-9-11-25/h7-19,29H,5-6,20-23H2,1-4H3,(H,32,36)/t29-/m0/s1. The lowest BCUT2D eigenvalue weighted by molar-refractivity contribution is -0.140. The van der Waals surface area contributed by atoms with Gasteiger partial charge in [-0.05, 0) is 60.4 Å². The van der Waals surface area contributed by atoms with Crippen LogP contribution in [0.2, 0.25) is 0 Å². The molecule has 0 bridgehead atoms. The van der Waals surface area contributed by atoms with Crippen molar-refractivity contribution in [3.8, 4) is 11.5 Å². The number of amides is 2. The van der Waals surface area contributed by atoms with E-state index < -0.39 is 28.5 Å². The number of carbonyl (C=O) groups is 2. The van der Waals surface area contributed by atoms with Crippen LogP contribution in [0.3, 0.4) is 0 Å². The van der Waals surface area contributed by atoms with Crippen LogP contribution in [0.15, 0.2) is 78.9 Å². The Labute approximate surface area is 243 Å². The molecule has 0 saturated carbocycles. The average Bonchev–Trinajstić information content (AvgIpc) is 2.98. The maximum Gasteiger partial charge on any atom is 0.244 e. The van der Waals surface area contributed by atoms with Gasteiger partial charge in [0.25, 0.3) is 0 Å². The van der Waals surface area contributed by atoms with Crippen molar-refractivity contribution in [2.45, 2.75) is 45.9 Å². The minimum Gasteiger partial charge on any atom is -0.497 e. The highest BCUT2D eigenvalue weighted by Gasteiger charge is 2.31. The van der Waals surface area contributed by atoms with E-state index in [1.807, 2.05) is 56.3 Å². The second-order valence-corrected chi connectivity index (χ2v) is 11.5. The van der Waals surface area contributed by atoms with Crippen molar-refractivity contribution in [3.63, 3.8) is 0 Å². The number of hydrogen-bond donors (Lipinski definition) is 1. The predicted molar refractivity (Wildman–Crippen MR) is 160 cm³/mol. The quantitative estimate of drug-likeness (QED) is 0.286. The Bertz CT molecular complexity index is 1360. The molecule has 3 rings (SSSR count). The number of ether oxygens (including phenoxy) is 2. The molecule has 2 amide bonds. The normalized spacial score (nSPS) is 11.8. The van der Waals surface area contributed by atoms with Crippen LogP contribution in [-0.4, -0.2) is 57.6 Å². The molecule has 41 heavy (non-hydrogen) atoms. The van der Waals surface area contributed by atoms with Crippen LogP contribution in [0, 0.1) is 0 Å². The number of carbonyl (C=O) groups excluding carboxylic acids is 2. The molecule has 1 N–H and O–H groups in total. The summed E-state index contributed by atoms with van der Waals surface area (Å²) in [6, 6.07) is 22.7. The van der Waals surface area contributed by atoms with Gasteiger partial charge in [-0.3, -0.25) is 13.9 Å². The summed E-state index contributed by atoms with van der Waals surface area (Å²) >= 11 is 0. The second-order valence-electron chi connectivity index (χ2n) is 9.62. The molecular formula is C31H39N3O6S. The third-order valence-electron chi connectivity index (χ3n) is 6.50. The molecule has 0 spiro atoms. The van der Waals surface area contributed by atoms with E-state index >= 15 is 0 Å². The summed E-state index contributed by atoms with van der Waals surface area (Å²) in [6.07, 6.45) is 2.17. The Balaban J connectivity index is 1.84. The SMILES string of the molecule is CCCNC(=O)[C@H](CC)N(Cc1ccc(OC)cc1)C(=O)CN(c1ccc(OCc2ccccc2)cc1)S(C)(=O)=O. The monoisotopic (exact) mass is 581 g/mol. The van der Waals surface area contributed by atoms with Gasteiger partial charge in [0.2, 0.25) is 21.8 Å². The first-order valence-corrected chi connectivity index (χ1v) is 15.5. The summed E-state index contributed by atoms with van der Waals surface area (Å²) in [5.41, 5.74) is 2.11. The fourth-order valence-corrected chi connectivity index (χ4v) is 5.13. The van der Waals surface area contributed by atoms with E-state index in [2.05, 4.69) is 5.32 Å². The van der Waals surface area contributed by atoms with E-state index in [4.69, 9.17) is 9.47 Å². The van der Waals surface area contributed by atoms with Gasteiger partial charge in [0.15, 0.2) is 0 Å². The number of rotatable bonds is 15. The zero-order valence-electron chi connectivity index (χ0n) is 24.1. The summed E-state index contributed by atoms with van der Waals surface area (Å²) in [6.45, 7) is 4.29. The van der Waals surface area contributed by atoms with Crippen molar-refractivity contribution in [2.75, 3.05) is 30.8 Å². The molecule has 0 fully saturated rings. The summed E-state index contributed by atoms with van der Waals surface area (Å²) in [5.74, 6) is 0.465. The number of benzene rings is 3. The van der Waals surface area contributed by atoms with Gasteiger partial charge in [0, 0.05) is 13.1 Å². The largest absolute Gasteiger partial charge is 0.497 e. The zero-order valence-corrected chi connectivity index (χ0v) is 24.9. The van der Waals surface area contributed by atoms with Crippen LogP contribution in [-0.2, 0) is 32.8 Å². The Hall–Kier alpha value is -4.05. The van der Waals surface area contributed by atoms with Crippen molar-refractivity contribution in [1.29, 1.82) is 0 Å². The third-order valence-corrected chi connectivity index (χ3v) is 7.64. The molecule has 0 heterocycles. The number of sulfonamides is 1. The number of nitrogens with zero attached hydrogens (tertiary/aromatic N) is 2. The summed E-state index contributed by atoms with van der Waals surface area (Å²) < 4.78 is 37.8. The molecule has 220 valence electrons. The number of anilines is 1. The molecule has 0 aromatic heterocycles. The van der Waals surface area contributed by atoms with Gasteiger partial charge in [-0.15, -0.1) is 0 Å². The van der Waals surface area contributed by atoms with E-state index in [1.54, 1.807) is 43.5 Å². The second kappa shape index (κ2) is 15.1. The minimum atomic E-state index is -3.84. The summed E-state index contributed by atoms with van der Waals surface area (Å²) in [4.78, 5) is 28.3. The number of methoxy groups -OCH3 is 1. The molecule has 1 atom stereocenters. The lowest BCUT2D eigenvalue weighted by atomic mass is 10.1. The van der Waals surface area contributed by atoms with E-state index in [1.165, 1.54) is 4.90 Å². The number of nitrogens with one attached hydrogen (secondary N) is 1. The fourth-order valence-electron chi connectivity index (χ4n) is 4.28. The molecule has 0 aliphatic rings. The van der Waals surface area contributed by atoms with Crippen molar-refractivity contribution >= 4 is 27.5 Å². The van der Waals surface area contributed by atoms with Gasteiger partial charge in [-0.1, -0.05) is 56.3 Å². The van der Waals surface area contributed by atoms with Crippen LogP contribution in [0.1, 0.15) is 37.8 Å². The smallest absolute Gasteiger partial charge is 0.244 e. The van der Waals surface area contributed by atoms with E-state index in [0.29, 0.717) is 36.8 Å². The number of hydrogen-bond acceptors (Lipinski definition) is 6. The first kappa shape index (κ1) is 31.5. The minimum absolute atomic E-state index is 0.130. The van der Waals surface area contributed by atoms with Gasteiger partial charge < -0.3 is 19.7 Å². The van der Waals surface area contributed by atoms with Gasteiger partial charge in [0.1, 0.15) is 30.7 Å².